The van der Waals surface area contributed by atoms with E-state index in [0.29, 0.717) is 6.54 Å². The molecule has 2 rings (SSSR count). The number of rotatable bonds is 6. The number of carbonyl (C=O) groups is 1. The highest BCUT2D eigenvalue weighted by atomic mass is 16.5. The Morgan fingerprint density at radius 3 is 2.33 bits per heavy atom. The molecule has 0 unspecified atom stereocenters. The van der Waals surface area contributed by atoms with Gasteiger partial charge in [-0.15, -0.1) is 0 Å². The number of hydrogen-bond donors (Lipinski definition) is 0. The van der Waals surface area contributed by atoms with Crippen molar-refractivity contribution in [3.8, 4) is 0 Å². The molecule has 0 saturated carbocycles. The molecule has 0 aliphatic rings. The van der Waals surface area contributed by atoms with Crippen molar-refractivity contribution in [1.29, 1.82) is 0 Å². The van der Waals surface area contributed by atoms with Crippen molar-refractivity contribution in [1.82, 2.24) is 14.7 Å². The molecule has 2 aromatic rings. The van der Waals surface area contributed by atoms with Gasteiger partial charge in [-0.25, -0.2) is 0 Å². The highest BCUT2D eigenvalue weighted by molar-refractivity contribution is 5.82. The van der Waals surface area contributed by atoms with Gasteiger partial charge in [0.2, 0.25) is 0 Å². The first-order valence-electron chi connectivity index (χ1n) is 8.24. The van der Waals surface area contributed by atoms with Gasteiger partial charge in [0, 0.05) is 38.0 Å². The lowest BCUT2D eigenvalue weighted by Crippen LogP contribution is -2.40. The first-order chi connectivity index (χ1) is 11.4. The lowest BCUT2D eigenvalue weighted by Gasteiger charge is -2.30. The number of aromatic nitrogens is 2. The number of carbonyl (C=O) groups excluding carboxylic acids is 1. The van der Waals surface area contributed by atoms with Crippen LogP contribution < -0.4 is 0 Å². The van der Waals surface area contributed by atoms with Gasteiger partial charge in [-0.3, -0.25) is 9.48 Å². The molecule has 0 spiro atoms. The molecule has 1 aromatic carbocycles. The highest BCUT2D eigenvalue weighted by Crippen LogP contribution is 2.23. The van der Waals surface area contributed by atoms with E-state index in [9.17, 15) is 4.79 Å². The number of benzene rings is 1. The van der Waals surface area contributed by atoms with Crippen molar-refractivity contribution in [3.05, 3.63) is 52.8 Å². The normalized spacial score (nSPS) is 12.5. The Labute approximate surface area is 144 Å². The van der Waals surface area contributed by atoms with E-state index in [1.165, 1.54) is 0 Å². The Kier molecular flexibility index (Phi) is 5.78. The summed E-state index contributed by atoms with van der Waals surface area (Å²) in [5.74, 6) is -0.0265. The van der Waals surface area contributed by atoms with Gasteiger partial charge in [-0.1, -0.05) is 30.3 Å². The van der Waals surface area contributed by atoms with Crippen LogP contribution in [0.5, 0.6) is 0 Å². The van der Waals surface area contributed by atoms with Crippen molar-refractivity contribution in [3.63, 3.8) is 0 Å². The molecule has 0 saturated heterocycles. The summed E-state index contributed by atoms with van der Waals surface area (Å²) in [6.45, 7) is 8.60. The van der Waals surface area contributed by atoms with E-state index in [1.807, 2.05) is 74.7 Å². The van der Waals surface area contributed by atoms with Crippen LogP contribution in [0.4, 0.5) is 0 Å². The maximum atomic E-state index is 13.1. The van der Waals surface area contributed by atoms with E-state index in [1.54, 1.807) is 7.11 Å². The average Bonchev–Trinajstić information content (AvgIpc) is 2.79. The maximum absolute atomic E-state index is 13.1. The second-order valence-corrected chi connectivity index (χ2v) is 6.36. The van der Waals surface area contributed by atoms with E-state index in [0.717, 1.165) is 22.5 Å². The summed E-state index contributed by atoms with van der Waals surface area (Å²) < 4.78 is 7.38. The summed E-state index contributed by atoms with van der Waals surface area (Å²) in [4.78, 5) is 15.0. The molecule has 0 radical (unpaired) electrons. The summed E-state index contributed by atoms with van der Waals surface area (Å²) in [5.41, 5.74) is 4.01. The fourth-order valence-electron chi connectivity index (χ4n) is 2.89. The van der Waals surface area contributed by atoms with Crippen LogP contribution in [0.2, 0.25) is 0 Å². The third-order valence-electron chi connectivity index (χ3n) is 4.46. The Morgan fingerprint density at radius 2 is 1.88 bits per heavy atom. The van der Waals surface area contributed by atoms with Crippen LogP contribution in [0.1, 0.15) is 42.5 Å². The number of amides is 1. The molecule has 1 amide bonds. The van der Waals surface area contributed by atoms with E-state index in [-0.39, 0.29) is 11.9 Å². The summed E-state index contributed by atoms with van der Waals surface area (Å²) in [7, 11) is 3.50. The van der Waals surface area contributed by atoms with Gasteiger partial charge in [0.25, 0.3) is 5.91 Å². The first-order valence-corrected chi connectivity index (χ1v) is 8.24. The number of aryl methyl sites for hydroxylation is 2. The van der Waals surface area contributed by atoms with Gasteiger partial charge in [0.05, 0.1) is 5.69 Å². The summed E-state index contributed by atoms with van der Waals surface area (Å²) in [6.07, 6.45) is -0.592. The minimum atomic E-state index is -0.592. The van der Waals surface area contributed by atoms with E-state index in [4.69, 9.17) is 4.74 Å². The monoisotopic (exact) mass is 329 g/mol. The lowest BCUT2D eigenvalue weighted by molar-refractivity contribution is -0.145. The average molecular weight is 329 g/mol. The maximum Gasteiger partial charge on any atom is 0.256 e. The zero-order valence-electron chi connectivity index (χ0n) is 15.4. The minimum Gasteiger partial charge on any atom is -0.367 e. The molecule has 0 bridgehead atoms. The van der Waals surface area contributed by atoms with E-state index >= 15 is 0 Å². The number of hydrogen-bond acceptors (Lipinski definition) is 3. The van der Waals surface area contributed by atoms with Crippen LogP contribution in [-0.2, 0) is 23.1 Å². The predicted molar refractivity (Wildman–Crippen MR) is 94.6 cm³/mol. The number of ether oxygens (including phenoxy) is 1. The molecule has 5 nitrogen and oxygen atoms in total. The molecule has 1 heterocycles. The fourth-order valence-corrected chi connectivity index (χ4v) is 2.89. The zero-order valence-corrected chi connectivity index (χ0v) is 15.4. The van der Waals surface area contributed by atoms with Crippen molar-refractivity contribution in [2.24, 2.45) is 7.05 Å². The summed E-state index contributed by atoms with van der Waals surface area (Å²) >= 11 is 0. The van der Waals surface area contributed by atoms with Crippen LogP contribution in [0.25, 0.3) is 0 Å². The predicted octanol–water partition coefficient (Wildman–Crippen LogP) is 3.16. The topological polar surface area (TPSA) is 47.4 Å². The van der Waals surface area contributed by atoms with Crippen LogP contribution >= 0.6 is 0 Å². The summed E-state index contributed by atoms with van der Waals surface area (Å²) in [6, 6.07) is 9.69. The lowest BCUT2D eigenvalue weighted by atomic mass is 10.1. The van der Waals surface area contributed by atoms with E-state index in [2.05, 4.69) is 5.10 Å². The first kappa shape index (κ1) is 18.2. The molecule has 1 atom stereocenters. The van der Waals surface area contributed by atoms with Crippen molar-refractivity contribution in [2.45, 2.75) is 46.4 Å². The molecule has 130 valence electrons. The molecule has 0 aliphatic heterocycles. The Balaban J connectivity index is 2.31. The largest absolute Gasteiger partial charge is 0.367 e. The molecule has 0 N–H and O–H groups in total. The van der Waals surface area contributed by atoms with Gasteiger partial charge in [0.1, 0.15) is 0 Å². The molecule has 0 aliphatic carbocycles. The molecular weight excluding hydrogens is 302 g/mol. The molecule has 1 aromatic heterocycles. The third kappa shape index (κ3) is 3.67. The van der Waals surface area contributed by atoms with Gasteiger partial charge in [-0.2, -0.15) is 5.10 Å². The molecular formula is C19H27N3O2. The van der Waals surface area contributed by atoms with E-state index < -0.39 is 6.10 Å². The molecule has 5 heteroatoms. The van der Waals surface area contributed by atoms with Crippen LogP contribution in [0.15, 0.2) is 30.3 Å². The van der Waals surface area contributed by atoms with Gasteiger partial charge in [-0.05, 0) is 33.3 Å². The Morgan fingerprint density at radius 1 is 1.25 bits per heavy atom. The standard InChI is InChI=1S/C19H27N3O2/c1-13(2)22(12-17-14(3)20-21(5)15(17)4)19(23)18(24-6)16-10-8-7-9-11-16/h7-11,13,18H,12H2,1-6H3/t18-/m0/s1. The van der Waals surface area contributed by atoms with Crippen LogP contribution in [-0.4, -0.2) is 33.7 Å². The smallest absolute Gasteiger partial charge is 0.256 e. The quantitative estimate of drug-likeness (QED) is 0.818. The summed E-state index contributed by atoms with van der Waals surface area (Å²) in [5, 5.41) is 4.45. The highest BCUT2D eigenvalue weighted by Gasteiger charge is 2.28. The Bertz CT molecular complexity index is 692. The van der Waals surface area contributed by atoms with Gasteiger partial charge in [0.15, 0.2) is 6.10 Å². The Hall–Kier alpha value is -2.14. The van der Waals surface area contributed by atoms with Crippen molar-refractivity contribution >= 4 is 5.91 Å². The fraction of sp³-hybridized carbons (Fsp3) is 0.474. The molecule has 24 heavy (non-hydrogen) atoms. The third-order valence-corrected chi connectivity index (χ3v) is 4.46. The number of nitrogens with zero attached hydrogens (tertiary/aromatic N) is 3. The van der Waals surface area contributed by atoms with Crippen molar-refractivity contribution in [2.75, 3.05) is 7.11 Å². The molecule has 0 fully saturated rings. The second kappa shape index (κ2) is 7.62. The second-order valence-electron chi connectivity index (χ2n) is 6.36. The van der Waals surface area contributed by atoms with Gasteiger partial charge >= 0.3 is 0 Å². The SMILES string of the molecule is CO[C@H](C(=O)N(Cc1c(C)nn(C)c1C)C(C)C)c1ccccc1. The number of methoxy groups -OCH3 is 1. The van der Waals surface area contributed by atoms with Crippen LogP contribution in [0, 0.1) is 13.8 Å². The zero-order chi connectivity index (χ0) is 17.9. The van der Waals surface area contributed by atoms with Gasteiger partial charge < -0.3 is 9.64 Å². The minimum absolute atomic E-state index is 0.0265. The van der Waals surface area contributed by atoms with Crippen molar-refractivity contribution < 1.29 is 9.53 Å². The van der Waals surface area contributed by atoms with Crippen LogP contribution in [0.3, 0.4) is 0 Å².